The van der Waals surface area contributed by atoms with E-state index in [0.29, 0.717) is 31.0 Å². The Morgan fingerprint density at radius 3 is 2.80 bits per heavy atom. The van der Waals surface area contributed by atoms with Gasteiger partial charge in [-0.15, -0.1) is 0 Å². The summed E-state index contributed by atoms with van der Waals surface area (Å²) in [5, 5.41) is 6.28. The van der Waals surface area contributed by atoms with Gasteiger partial charge in [-0.25, -0.2) is 9.18 Å². The average molecular weight is 413 g/mol. The van der Waals surface area contributed by atoms with Crippen molar-refractivity contribution in [1.82, 2.24) is 19.3 Å². The number of para-hydroxylation sites is 1. The Kier molecular flexibility index (Phi) is 5.30. The molecular weight excluding hydrogens is 393 g/mol. The van der Waals surface area contributed by atoms with Crippen molar-refractivity contribution >= 4 is 11.6 Å². The molecule has 9 nitrogen and oxygen atoms in total. The maximum Gasteiger partial charge on any atom is 0.331 e. The first-order chi connectivity index (χ1) is 14.5. The zero-order chi connectivity index (χ0) is 21.3. The standard InChI is InChI=1S/C20H20FN5O4/c1-2-16-23-18(24-30-16)17-14-9-5-6-10-25(14)20(29)26(19(17)28)11-15(27)22-13-8-4-3-7-12(13)21/h3-4,7-8H,2,5-6,9-11H2,1H3,(H,22,27). The van der Waals surface area contributed by atoms with E-state index < -0.39 is 29.5 Å². The second kappa shape index (κ2) is 8.05. The Morgan fingerprint density at radius 1 is 1.27 bits per heavy atom. The monoisotopic (exact) mass is 413 g/mol. The number of nitrogens with zero attached hydrogens (tertiary/aromatic N) is 4. The molecule has 0 saturated heterocycles. The maximum absolute atomic E-state index is 13.8. The number of carbonyl (C=O) groups is 1. The van der Waals surface area contributed by atoms with Crippen LogP contribution in [0.2, 0.25) is 0 Å². The summed E-state index contributed by atoms with van der Waals surface area (Å²) >= 11 is 0. The van der Waals surface area contributed by atoms with Crippen molar-refractivity contribution in [3.63, 3.8) is 0 Å². The second-order valence-electron chi connectivity index (χ2n) is 7.00. The number of hydrogen-bond donors (Lipinski definition) is 1. The van der Waals surface area contributed by atoms with Crippen LogP contribution in [-0.4, -0.2) is 25.2 Å². The van der Waals surface area contributed by atoms with E-state index in [1.54, 1.807) is 6.07 Å². The Morgan fingerprint density at radius 2 is 2.07 bits per heavy atom. The molecule has 2 aromatic heterocycles. The van der Waals surface area contributed by atoms with Gasteiger partial charge in [0.15, 0.2) is 0 Å². The number of rotatable bonds is 5. The highest BCUT2D eigenvalue weighted by Crippen LogP contribution is 2.22. The molecule has 30 heavy (non-hydrogen) atoms. The molecule has 1 amide bonds. The number of aromatic nitrogens is 4. The van der Waals surface area contributed by atoms with E-state index in [1.165, 1.54) is 22.8 Å². The number of aryl methyl sites for hydroxylation is 1. The predicted molar refractivity (Wildman–Crippen MR) is 106 cm³/mol. The number of hydrogen-bond acceptors (Lipinski definition) is 6. The van der Waals surface area contributed by atoms with Crippen LogP contribution in [0.1, 0.15) is 31.4 Å². The minimum atomic E-state index is -0.691. The summed E-state index contributed by atoms with van der Waals surface area (Å²) in [6.45, 7) is 1.71. The fraction of sp³-hybridized carbons (Fsp3) is 0.350. The fourth-order valence-electron chi connectivity index (χ4n) is 3.55. The molecule has 1 N–H and O–H groups in total. The van der Waals surface area contributed by atoms with Gasteiger partial charge in [-0.3, -0.25) is 18.7 Å². The van der Waals surface area contributed by atoms with Crippen molar-refractivity contribution < 1.29 is 13.7 Å². The minimum Gasteiger partial charge on any atom is -0.339 e. The van der Waals surface area contributed by atoms with E-state index in [-0.39, 0.29) is 17.1 Å². The van der Waals surface area contributed by atoms with E-state index in [0.717, 1.165) is 17.4 Å². The van der Waals surface area contributed by atoms with Crippen molar-refractivity contribution in [1.29, 1.82) is 0 Å². The summed E-state index contributed by atoms with van der Waals surface area (Å²) in [6, 6.07) is 5.66. The van der Waals surface area contributed by atoms with Gasteiger partial charge in [-0.2, -0.15) is 4.98 Å². The van der Waals surface area contributed by atoms with Crippen molar-refractivity contribution in [2.24, 2.45) is 0 Å². The van der Waals surface area contributed by atoms with E-state index in [4.69, 9.17) is 4.52 Å². The molecule has 10 heteroatoms. The lowest BCUT2D eigenvalue weighted by molar-refractivity contribution is -0.116. The van der Waals surface area contributed by atoms with Gasteiger partial charge >= 0.3 is 5.69 Å². The molecule has 0 bridgehead atoms. The molecule has 3 heterocycles. The molecule has 0 radical (unpaired) electrons. The number of fused-ring (bicyclic) bond motifs is 1. The van der Waals surface area contributed by atoms with Gasteiger partial charge in [-0.1, -0.05) is 24.2 Å². The second-order valence-corrected chi connectivity index (χ2v) is 7.00. The Balaban J connectivity index is 1.77. The van der Waals surface area contributed by atoms with Gasteiger partial charge in [0.1, 0.15) is 17.9 Å². The van der Waals surface area contributed by atoms with Crippen LogP contribution in [0.5, 0.6) is 0 Å². The molecule has 1 aliphatic heterocycles. The van der Waals surface area contributed by atoms with E-state index >= 15 is 0 Å². The van der Waals surface area contributed by atoms with Gasteiger partial charge in [0.2, 0.25) is 17.6 Å². The summed E-state index contributed by atoms with van der Waals surface area (Å²) in [7, 11) is 0. The quantitative estimate of drug-likeness (QED) is 0.682. The van der Waals surface area contributed by atoms with Crippen LogP contribution in [0, 0.1) is 5.82 Å². The normalized spacial score (nSPS) is 13.1. The molecular formula is C20H20FN5O4. The van der Waals surface area contributed by atoms with Crippen molar-refractivity contribution in [3.05, 3.63) is 62.5 Å². The summed E-state index contributed by atoms with van der Waals surface area (Å²) in [6.07, 6.45) is 2.62. The lowest BCUT2D eigenvalue weighted by Gasteiger charge is -2.21. The highest BCUT2D eigenvalue weighted by Gasteiger charge is 2.26. The summed E-state index contributed by atoms with van der Waals surface area (Å²) < 4.78 is 21.3. The zero-order valence-corrected chi connectivity index (χ0v) is 16.4. The van der Waals surface area contributed by atoms with Crippen LogP contribution in [-0.2, 0) is 30.7 Å². The number of amides is 1. The average Bonchev–Trinajstić information content (AvgIpc) is 3.22. The predicted octanol–water partition coefficient (Wildman–Crippen LogP) is 1.74. The topological polar surface area (TPSA) is 112 Å². The summed E-state index contributed by atoms with van der Waals surface area (Å²) in [4.78, 5) is 42.8. The third kappa shape index (κ3) is 3.56. The van der Waals surface area contributed by atoms with Gasteiger partial charge in [0.25, 0.3) is 5.56 Å². The van der Waals surface area contributed by atoms with Gasteiger partial charge in [-0.05, 0) is 31.4 Å². The van der Waals surface area contributed by atoms with E-state index in [9.17, 15) is 18.8 Å². The number of benzene rings is 1. The van der Waals surface area contributed by atoms with Crippen LogP contribution >= 0.6 is 0 Å². The Labute approximate surface area is 170 Å². The molecule has 1 aliphatic rings. The highest BCUT2D eigenvalue weighted by molar-refractivity contribution is 5.90. The van der Waals surface area contributed by atoms with Crippen LogP contribution in [0.4, 0.5) is 10.1 Å². The summed E-state index contributed by atoms with van der Waals surface area (Å²) in [5.41, 5.74) is -0.567. The number of anilines is 1. The molecule has 3 aromatic rings. The molecule has 156 valence electrons. The van der Waals surface area contributed by atoms with E-state index in [2.05, 4.69) is 15.5 Å². The van der Waals surface area contributed by atoms with Crippen LogP contribution in [0.25, 0.3) is 11.4 Å². The van der Waals surface area contributed by atoms with Crippen LogP contribution in [0.15, 0.2) is 38.4 Å². The molecule has 0 fully saturated rings. The molecule has 4 rings (SSSR count). The summed E-state index contributed by atoms with van der Waals surface area (Å²) in [5.74, 6) is -0.830. The largest absolute Gasteiger partial charge is 0.339 e. The van der Waals surface area contributed by atoms with Crippen LogP contribution in [0.3, 0.4) is 0 Å². The molecule has 0 unspecified atom stereocenters. The SMILES string of the molecule is CCc1nc(-c2c3n(c(=O)n(CC(=O)Nc4ccccc4F)c2=O)CCCC3)no1. The first kappa shape index (κ1) is 19.7. The molecule has 0 saturated carbocycles. The van der Waals surface area contributed by atoms with Gasteiger partial charge in [0, 0.05) is 18.7 Å². The maximum atomic E-state index is 13.8. The Hall–Kier alpha value is -3.56. The third-order valence-corrected chi connectivity index (χ3v) is 5.02. The molecule has 0 spiro atoms. The minimum absolute atomic E-state index is 0.0282. The zero-order valence-electron chi connectivity index (χ0n) is 16.4. The smallest absolute Gasteiger partial charge is 0.331 e. The van der Waals surface area contributed by atoms with Crippen molar-refractivity contribution in [3.8, 4) is 11.4 Å². The third-order valence-electron chi connectivity index (χ3n) is 5.02. The number of carbonyl (C=O) groups excluding carboxylic acids is 1. The number of nitrogens with one attached hydrogen (secondary N) is 1. The lowest BCUT2D eigenvalue weighted by Crippen LogP contribution is -2.45. The van der Waals surface area contributed by atoms with Gasteiger partial charge < -0.3 is 9.84 Å². The number of halogens is 1. The van der Waals surface area contributed by atoms with Crippen molar-refractivity contribution in [2.45, 2.75) is 45.7 Å². The fourth-order valence-corrected chi connectivity index (χ4v) is 3.55. The van der Waals surface area contributed by atoms with E-state index in [1.807, 2.05) is 6.92 Å². The molecule has 0 aliphatic carbocycles. The molecule has 1 aromatic carbocycles. The van der Waals surface area contributed by atoms with Gasteiger partial charge in [0.05, 0.1) is 5.69 Å². The van der Waals surface area contributed by atoms with Crippen molar-refractivity contribution in [2.75, 3.05) is 5.32 Å². The Bertz CT molecular complexity index is 1230. The lowest BCUT2D eigenvalue weighted by atomic mass is 10.0. The first-order valence-electron chi connectivity index (χ1n) is 9.73. The highest BCUT2D eigenvalue weighted by atomic mass is 19.1. The molecule has 0 atom stereocenters. The van der Waals surface area contributed by atoms with Crippen LogP contribution < -0.4 is 16.6 Å². The first-order valence-corrected chi connectivity index (χ1v) is 9.73.